The van der Waals surface area contributed by atoms with E-state index >= 15 is 0 Å². The van der Waals surface area contributed by atoms with Crippen LogP contribution in [-0.2, 0) is 0 Å². The van der Waals surface area contributed by atoms with Crippen LogP contribution in [0, 0.1) is 0 Å². The SMILES string of the molecule is C1CCN(C2CSCCS2)CC1. The Morgan fingerprint density at radius 1 is 1.00 bits per heavy atom. The Balaban J connectivity index is 1.80. The maximum absolute atomic E-state index is 2.69. The minimum atomic E-state index is 0.851. The molecule has 0 saturated carbocycles. The topological polar surface area (TPSA) is 3.24 Å². The Hall–Kier alpha value is 0.660. The van der Waals surface area contributed by atoms with Crippen LogP contribution in [0.25, 0.3) is 0 Å². The summed E-state index contributed by atoms with van der Waals surface area (Å²) < 4.78 is 0. The highest BCUT2D eigenvalue weighted by Gasteiger charge is 2.22. The Bertz CT molecular complexity index is 112. The van der Waals surface area contributed by atoms with E-state index < -0.39 is 0 Å². The van der Waals surface area contributed by atoms with Gasteiger partial charge in [0, 0.05) is 17.3 Å². The van der Waals surface area contributed by atoms with Gasteiger partial charge in [-0.05, 0) is 25.9 Å². The molecule has 0 aromatic rings. The van der Waals surface area contributed by atoms with Gasteiger partial charge in [-0.1, -0.05) is 6.42 Å². The van der Waals surface area contributed by atoms with Crippen molar-refractivity contribution in [1.29, 1.82) is 0 Å². The summed E-state index contributed by atoms with van der Waals surface area (Å²) in [5, 5.41) is 0.851. The van der Waals surface area contributed by atoms with Crippen molar-refractivity contribution in [2.24, 2.45) is 0 Å². The Morgan fingerprint density at radius 3 is 2.50 bits per heavy atom. The average Bonchev–Trinajstić information content (AvgIpc) is 2.21. The molecule has 1 unspecified atom stereocenters. The fourth-order valence-electron chi connectivity index (χ4n) is 1.89. The second kappa shape index (κ2) is 4.77. The van der Waals surface area contributed by atoms with Crippen molar-refractivity contribution in [1.82, 2.24) is 4.90 Å². The van der Waals surface area contributed by atoms with E-state index in [0.29, 0.717) is 0 Å². The number of piperidine rings is 1. The van der Waals surface area contributed by atoms with Crippen LogP contribution in [0.5, 0.6) is 0 Å². The molecule has 0 radical (unpaired) electrons. The lowest BCUT2D eigenvalue weighted by Crippen LogP contribution is -2.40. The first-order valence-electron chi connectivity index (χ1n) is 4.90. The van der Waals surface area contributed by atoms with Gasteiger partial charge in [0.15, 0.2) is 0 Å². The lowest BCUT2D eigenvalue weighted by Gasteiger charge is -2.35. The molecule has 12 heavy (non-hydrogen) atoms. The van der Waals surface area contributed by atoms with Crippen LogP contribution < -0.4 is 0 Å². The first-order valence-corrected chi connectivity index (χ1v) is 7.10. The third-order valence-corrected chi connectivity index (χ3v) is 5.40. The Morgan fingerprint density at radius 2 is 1.83 bits per heavy atom. The van der Waals surface area contributed by atoms with Crippen molar-refractivity contribution in [3.8, 4) is 0 Å². The molecule has 1 atom stereocenters. The van der Waals surface area contributed by atoms with Crippen molar-refractivity contribution in [3.63, 3.8) is 0 Å². The van der Waals surface area contributed by atoms with Gasteiger partial charge in [0.1, 0.15) is 0 Å². The molecule has 2 fully saturated rings. The summed E-state index contributed by atoms with van der Waals surface area (Å²) in [7, 11) is 0. The average molecular weight is 203 g/mol. The van der Waals surface area contributed by atoms with E-state index in [-0.39, 0.29) is 0 Å². The highest BCUT2D eigenvalue weighted by atomic mass is 32.2. The number of likely N-dealkylation sites (tertiary alicyclic amines) is 1. The molecule has 0 amide bonds. The van der Waals surface area contributed by atoms with E-state index in [9.17, 15) is 0 Å². The van der Waals surface area contributed by atoms with Crippen LogP contribution in [0.2, 0.25) is 0 Å². The highest BCUT2D eigenvalue weighted by molar-refractivity contribution is 8.06. The van der Waals surface area contributed by atoms with Crippen molar-refractivity contribution in [2.45, 2.75) is 24.6 Å². The van der Waals surface area contributed by atoms with Gasteiger partial charge in [-0.3, -0.25) is 4.90 Å². The van der Waals surface area contributed by atoms with Gasteiger partial charge in [-0.2, -0.15) is 11.8 Å². The molecule has 2 aliphatic rings. The minimum absolute atomic E-state index is 0.851. The van der Waals surface area contributed by atoms with Crippen LogP contribution in [0.4, 0.5) is 0 Å². The number of nitrogens with zero attached hydrogens (tertiary/aromatic N) is 1. The molecule has 2 aliphatic heterocycles. The van der Waals surface area contributed by atoms with Gasteiger partial charge >= 0.3 is 0 Å². The lowest BCUT2D eigenvalue weighted by atomic mass is 10.1. The summed E-state index contributed by atoms with van der Waals surface area (Å²) in [5.74, 6) is 4.10. The van der Waals surface area contributed by atoms with Crippen LogP contribution in [0.15, 0.2) is 0 Å². The zero-order valence-corrected chi connectivity index (χ0v) is 9.13. The molecule has 2 rings (SSSR count). The normalized spacial score (nSPS) is 33.5. The fourth-order valence-corrected chi connectivity index (χ4v) is 4.70. The molecule has 2 heterocycles. The van der Waals surface area contributed by atoms with Crippen LogP contribution in [0.1, 0.15) is 19.3 Å². The molecular weight excluding hydrogens is 186 g/mol. The third-order valence-electron chi connectivity index (χ3n) is 2.60. The van der Waals surface area contributed by atoms with Crippen molar-refractivity contribution in [2.75, 3.05) is 30.3 Å². The predicted molar refractivity (Wildman–Crippen MR) is 59.0 cm³/mol. The van der Waals surface area contributed by atoms with E-state index in [2.05, 4.69) is 28.4 Å². The van der Waals surface area contributed by atoms with Crippen molar-refractivity contribution < 1.29 is 0 Å². The zero-order valence-electron chi connectivity index (χ0n) is 7.50. The molecule has 0 aromatic heterocycles. The molecular formula is C9H17NS2. The van der Waals surface area contributed by atoms with E-state index in [1.807, 2.05) is 0 Å². The Labute approximate surface area is 83.7 Å². The highest BCUT2D eigenvalue weighted by Crippen LogP contribution is 2.28. The third kappa shape index (κ3) is 2.33. The summed E-state index contributed by atoms with van der Waals surface area (Å²) in [6.07, 6.45) is 4.32. The Kier molecular flexibility index (Phi) is 3.67. The van der Waals surface area contributed by atoms with Crippen molar-refractivity contribution >= 4 is 23.5 Å². The van der Waals surface area contributed by atoms with E-state index in [0.717, 1.165) is 5.37 Å². The van der Waals surface area contributed by atoms with Crippen LogP contribution in [-0.4, -0.2) is 40.6 Å². The summed E-state index contributed by atoms with van der Waals surface area (Å²) in [4.78, 5) is 2.69. The minimum Gasteiger partial charge on any atom is -0.291 e. The van der Waals surface area contributed by atoms with Gasteiger partial charge in [0.2, 0.25) is 0 Å². The largest absolute Gasteiger partial charge is 0.291 e. The number of hydrogen-bond donors (Lipinski definition) is 0. The van der Waals surface area contributed by atoms with Gasteiger partial charge in [-0.25, -0.2) is 0 Å². The molecule has 0 aliphatic carbocycles. The molecule has 0 bridgehead atoms. The summed E-state index contributed by atoms with van der Waals surface area (Å²) in [6.45, 7) is 2.72. The number of hydrogen-bond acceptors (Lipinski definition) is 3. The summed E-state index contributed by atoms with van der Waals surface area (Å²) in [6, 6.07) is 0. The van der Waals surface area contributed by atoms with E-state index in [1.54, 1.807) is 0 Å². The number of thioether (sulfide) groups is 2. The van der Waals surface area contributed by atoms with Gasteiger partial charge in [0.25, 0.3) is 0 Å². The van der Waals surface area contributed by atoms with Crippen LogP contribution >= 0.6 is 23.5 Å². The van der Waals surface area contributed by atoms with Gasteiger partial charge in [-0.15, -0.1) is 11.8 Å². The maximum Gasteiger partial charge on any atom is 0.0649 e. The summed E-state index contributed by atoms with van der Waals surface area (Å²) in [5.41, 5.74) is 0. The predicted octanol–water partition coefficient (Wildman–Crippen LogP) is 2.28. The maximum atomic E-state index is 2.69. The standard InChI is InChI=1S/C9H17NS2/c1-2-4-10(5-3-1)9-8-11-6-7-12-9/h9H,1-8H2. The van der Waals surface area contributed by atoms with E-state index in [4.69, 9.17) is 0 Å². The smallest absolute Gasteiger partial charge is 0.0649 e. The molecule has 70 valence electrons. The zero-order chi connectivity index (χ0) is 8.23. The van der Waals surface area contributed by atoms with E-state index in [1.165, 1.54) is 49.6 Å². The number of rotatable bonds is 1. The molecule has 0 N–H and O–H groups in total. The van der Waals surface area contributed by atoms with Crippen molar-refractivity contribution in [3.05, 3.63) is 0 Å². The lowest BCUT2D eigenvalue weighted by molar-refractivity contribution is 0.224. The summed E-state index contributed by atoms with van der Waals surface area (Å²) >= 11 is 4.31. The van der Waals surface area contributed by atoms with Gasteiger partial charge < -0.3 is 0 Å². The second-order valence-corrected chi connectivity index (χ2v) is 5.93. The molecule has 0 spiro atoms. The second-order valence-electron chi connectivity index (χ2n) is 3.50. The molecule has 0 aromatic carbocycles. The van der Waals surface area contributed by atoms with Gasteiger partial charge in [0.05, 0.1) is 5.37 Å². The first kappa shape index (κ1) is 9.22. The fraction of sp³-hybridized carbons (Fsp3) is 1.00. The molecule has 1 nitrogen and oxygen atoms in total. The quantitative estimate of drug-likeness (QED) is 0.644. The first-order chi connectivity index (χ1) is 5.97. The molecule has 3 heteroatoms. The monoisotopic (exact) mass is 203 g/mol. The molecule has 2 saturated heterocycles. The van der Waals surface area contributed by atoms with Crippen LogP contribution in [0.3, 0.4) is 0 Å².